The van der Waals surface area contributed by atoms with Crippen molar-refractivity contribution in [3.63, 3.8) is 0 Å². The van der Waals surface area contributed by atoms with Crippen LogP contribution in [0.25, 0.3) is 0 Å². The van der Waals surface area contributed by atoms with E-state index in [1.165, 1.54) is 0 Å². The Morgan fingerprint density at radius 2 is 2.06 bits per heavy atom. The molecule has 5 nitrogen and oxygen atoms in total. The van der Waals surface area contributed by atoms with E-state index >= 15 is 0 Å². The predicted octanol–water partition coefficient (Wildman–Crippen LogP) is 0.927. The van der Waals surface area contributed by atoms with Crippen LogP contribution >= 0.6 is 0 Å². The van der Waals surface area contributed by atoms with Gasteiger partial charge < -0.3 is 5.32 Å². The van der Waals surface area contributed by atoms with Crippen molar-refractivity contribution in [2.75, 3.05) is 0 Å². The summed E-state index contributed by atoms with van der Waals surface area (Å²) >= 11 is 0. The summed E-state index contributed by atoms with van der Waals surface area (Å²) < 4.78 is 1.69. The summed E-state index contributed by atoms with van der Waals surface area (Å²) in [5.74, 6) is 1.65. The zero-order chi connectivity index (χ0) is 12.1. The fourth-order valence-corrected chi connectivity index (χ4v) is 1.47. The number of carbonyl (C=O) groups is 1. The first-order valence-corrected chi connectivity index (χ1v) is 5.78. The monoisotopic (exact) mass is 224 g/mol. The minimum atomic E-state index is -0.0164. The van der Waals surface area contributed by atoms with Crippen LogP contribution in [0.1, 0.15) is 39.3 Å². The van der Waals surface area contributed by atoms with Gasteiger partial charge in [-0.2, -0.15) is 5.10 Å². The van der Waals surface area contributed by atoms with Crippen molar-refractivity contribution in [3.8, 4) is 0 Å². The van der Waals surface area contributed by atoms with Gasteiger partial charge in [-0.15, -0.1) is 0 Å². The number of nitrogens with one attached hydrogen (secondary N) is 1. The lowest BCUT2D eigenvalue weighted by Crippen LogP contribution is -2.33. The minimum absolute atomic E-state index is 0.0164. The Hall–Kier alpha value is -1.39. The molecule has 0 spiro atoms. The zero-order valence-electron chi connectivity index (χ0n) is 10.4. The number of hydrogen-bond donors (Lipinski definition) is 1. The van der Waals surface area contributed by atoms with Crippen molar-refractivity contribution in [2.45, 2.75) is 53.1 Å². The van der Waals surface area contributed by atoms with Gasteiger partial charge in [0, 0.05) is 18.9 Å². The summed E-state index contributed by atoms with van der Waals surface area (Å²) in [4.78, 5) is 15.9. The molecular weight excluding hydrogens is 204 g/mol. The van der Waals surface area contributed by atoms with Crippen molar-refractivity contribution < 1.29 is 4.79 Å². The first-order chi connectivity index (χ1) is 7.56. The molecule has 0 atom stereocenters. The van der Waals surface area contributed by atoms with Crippen LogP contribution in [0.3, 0.4) is 0 Å². The Balaban J connectivity index is 2.71. The van der Waals surface area contributed by atoms with Crippen molar-refractivity contribution in [1.82, 2.24) is 20.1 Å². The van der Waals surface area contributed by atoms with Crippen molar-refractivity contribution >= 4 is 5.91 Å². The molecule has 0 saturated heterocycles. The maximum Gasteiger partial charge on any atom is 0.242 e. The van der Waals surface area contributed by atoms with Crippen LogP contribution in [0.4, 0.5) is 0 Å². The molecule has 0 aliphatic carbocycles. The fraction of sp³-hybridized carbons (Fsp3) is 0.727. The first kappa shape index (κ1) is 12.7. The number of amides is 1. The molecule has 1 aromatic heterocycles. The quantitative estimate of drug-likeness (QED) is 0.809. The third-order valence-corrected chi connectivity index (χ3v) is 2.17. The summed E-state index contributed by atoms with van der Waals surface area (Å²) in [6, 6.07) is 0.159. The van der Waals surface area contributed by atoms with Gasteiger partial charge in [-0.25, -0.2) is 9.67 Å². The molecule has 0 aromatic carbocycles. The summed E-state index contributed by atoms with van der Waals surface area (Å²) in [6.07, 6.45) is 1.59. The number of aryl methyl sites for hydroxylation is 2. The van der Waals surface area contributed by atoms with Crippen LogP contribution in [0.5, 0.6) is 0 Å². The van der Waals surface area contributed by atoms with Gasteiger partial charge in [0.05, 0.1) is 0 Å². The molecule has 0 aliphatic rings. The third-order valence-electron chi connectivity index (χ3n) is 2.17. The molecule has 1 amide bonds. The van der Waals surface area contributed by atoms with Crippen molar-refractivity contribution in [1.29, 1.82) is 0 Å². The standard InChI is InChI=1S/C11H20N4O/c1-5-9-13-10(6-2)15(14-9)7-11(16)12-8(3)4/h8H,5-7H2,1-4H3,(H,12,16). The van der Waals surface area contributed by atoms with Crippen molar-refractivity contribution in [3.05, 3.63) is 11.6 Å². The van der Waals surface area contributed by atoms with Crippen molar-refractivity contribution in [2.24, 2.45) is 0 Å². The van der Waals surface area contributed by atoms with Gasteiger partial charge in [0.25, 0.3) is 0 Å². The minimum Gasteiger partial charge on any atom is -0.352 e. The molecule has 16 heavy (non-hydrogen) atoms. The van der Waals surface area contributed by atoms with Gasteiger partial charge in [-0.1, -0.05) is 13.8 Å². The molecule has 1 heterocycles. The Bertz CT molecular complexity index is 357. The number of nitrogens with zero attached hydrogens (tertiary/aromatic N) is 3. The lowest BCUT2D eigenvalue weighted by Gasteiger charge is -2.08. The molecule has 5 heteroatoms. The second kappa shape index (κ2) is 5.63. The smallest absolute Gasteiger partial charge is 0.242 e. The molecule has 90 valence electrons. The van der Waals surface area contributed by atoms with E-state index in [4.69, 9.17) is 0 Å². The lowest BCUT2D eigenvalue weighted by molar-refractivity contribution is -0.122. The second-order valence-corrected chi connectivity index (χ2v) is 4.03. The van der Waals surface area contributed by atoms with Gasteiger partial charge in [-0.3, -0.25) is 4.79 Å². The van der Waals surface area contributed by atoms with Crippen LogP contribution < -0.4 is 5.32 Å². The maximum atomic E-state index is 11.6. The van der Waals surface area contributed by atoms with E-state index in [0.29, 0.717) is 0 Å². The summed E-state index contributed by atoms with van der Waals surface area (Å²) in [7, 11) is 0. The normalized spacial score (nSPS) is 10.8. The number of rotatable bonds is 5. The van der Waals surface area contributed by atoms with E-state index in [1.807, 2.05) is 27.7 Å². The molecule has 1 rings (SSSR count). The highest BCUT2D eigenvalue weighted by Crippen LogP contribution is 2.00. The highest BCUT2D eigenvalue weighted by Gasteiger charge is 2.11. The van der Waals surface area contributed by atoms with Crippen LogP contribution in [-0.4, -0.2) is 26.7 Å². The van der Waals surface area contributed by atoms with Gasteiger partial charge in [-0.05, 0) is 13.8 Å². The number of aromatic nitrogens is 3. The zero-order valence-corrected chi connectivity index (χ0v) is 10.4. The summed E-state index contributed by atoms with van der Waals surface area (Å²) in [5, 5.41) is 7.13. The Morgan fingerprint density at radius 1 is 1.38 bits per heavy atom. The SMILES string of the molecule is CCc1nc(CC)n(CC(=O)NC(C)C)n1. The van der Waals surface area contributed by atoms with E-state index in [-0.39, 0.29) is 18.5 Å². The van der Waals surface area contributed by atoms with Gasteiger partial charge in [0.1, 0.15) is 12.4 Å². The number of carbonyl (C=O) groups excluding carboxylic acids is 1. The molecule has 0 bridgehead atoms. The number of hydrogen-bond acceptors (Lipinski definition) is 3. The van der Waals surface area contributed by atoms with Gasteiger partial charge in [0.2, 0.25) is 5.91 Å². The molecule has 1 N–H and O–H groups in total. The summed E-state index contributed by atoms with van der Waals surface area (Å²) in [6.45, 7) is 8.16. The Labute approximate surface area is 96.3 Å². The molecule has 0 aliphatic heterocycles. The summed E-state index contributed by atoms with van der Waals surface area (Å²) in [5.41, 5.74) is 0. The van der Waals surface area contributed by atoms with E-state index in [0.717, 1.165) is 24.5 Å². The van der Waals surface area contributed by atoms with Crippen LogP contribution in [0, 0.1) is 0 Å². The van der Waals surface area contributed by atoms with E-state index < -0.39 is 0 Å². The first-order valence-electron chi connectivity index (χ1n) is 5.78. The maximum absolute atomic E-state index is 11.6. The van der Waals surface area contributed by atoms with Crippen LogP contribution in [0.2, 0.25) is 0 Å². The van der Waals surface area contributed by atoms with Crippen LogP contribution in [0.15, 0.2) is 0 Å². The molecular formula is C11H20N4O. The average Bonchev–Trinajstić information content (AvgIpc) is 2.59. The topological polar surface area (TPSA) is 59.8 Å². The highest BCUT2D eigenvalue weighted by molar-refractivity contribution is 5.75. The highest BCUT2D eigenvalue weighted by atomic mass is 16.2. The molecule has 0 unspecified atom stereocenters. The predicted molar refractivity (Wildman–Crippen MR) is 62.1 cm³/mol. The van der Waals surface area contributed by atoms with E-state index in [2.05, 4.69) is 15.4 Å². The average molecular weight is 224 g/mol. The third kappa shape index (κ3) is 3.32. The second-order valence-electron chi connectivity index (χ2n) is 4.03. The van der Waals surface area contributed by atoms with Crippen LogP contribution in [-0.2, 0) is 24.2 Å². The van der Waals surface area contributed by atoms with Gasteiger partial charge >= 0.3 is 0 Å². The molecule has 0 saturated carbocycles. The largest absolute Gasteiger partial charge is 0.352 e. The fourth-order valence-electron chi connectivity index (χ4n) is 1.47. The lowest BCUT2D eigenvalue weighted by atomic mass is 10.4. The molecule has 1 aromatic rings. The van der Waals surface area contributed by atoms with E-state index in [9.17, 15) is 4.79 Å². The molecule has 0 radical (unpaired) electrons. The van der Waals surface area contributed by atoms with Gasteiger partial charge in [0.15, 0.2) is 5.82 Å². The Kier molecular flexibility index (Phi) is 4.46. The Morgan fingerprint density at radius 3 is 2.56 bits per heavy atom. The molecule has 0 fully saturated rings. The van der Waals surface area contributed by atoms with E-state index in [1.54, 1.807) is 4.68 Å².